The maximum absolute atomic E-state index is 11.8. The van der Waals surface area contributed by atoms with Crippen LogP contribution < -0.4 is 5.32 Å². The molecule has 17 heavy (non-hydrogen) atoms. The average Bonchev–Trinajstić information content (AvgIpc) is 2.36. The monoisotopic (exact) mass is 239 g/mol. The molecule has 1 saturated heterocycles. The fourth-order valence-electron chi connectivity index (χ4n) is 3.41. The van der Waals surface area contributed by atoms with Crippen molar-refractivity contribution in [2.45, 2.75) is 60.4 Å². The van der Waals surface area contributed by atoms with Gasteiger partial charge in [0.05, 0.1) is 0 Å². The molecule has 0 bridgehead atoms. The van der Waals surface area contributed by atoms with Gasteiger partial charge in [0.1, 0.15) is 0 Å². The Hall–Kier alpha value is -0.530. The van der Waals surface area contributed by atoms with E-state index in [4.69, 9.17) is 0 Å². The summed E-state index contributed by atoms with van der Waals surface area (Å²) in [7, 11) is 0. The molecule has 0 aromatic heterocycles. The Morgan fingerprint density at radius 3 is 2.00 bits per heavy atom. The highest BCUT2D eigenvalue weighted by atomic mass is 16.1. The lowest BCUT2D eigenvalue weighted by atomic mass is 9.70. The van der Waals surface area contributed by atoms with Gasteiger partial charge in [-0.05, 0) is 36.0 Å². The van der Waals surface area contributed by atoms with Crippen LogP contribution in [0.1, 0.15) is 54.4 Å². The van der Waals surface area contributed by atoms with Crippen molar-refractivity contribution in [3.8, 4) is 0 Å². The summed E-state index contributed by atoms with van der Waals surface area (Å²) >= 11 is 0. The van der Waals surface area contributed by atoms with Gasteiger partial charge in [0.2, 0.25) is 5.91 Å². The molecule has 0 radical (unpaired) electrons. The predicted octanol–water partition coefficient (Wildman–Crippen LogP) is 3.47. The number of amides is 1. The zero-order valence-electron chi connectivity index (χ0n) is 12.3. The number of carbonyl (C=O) groups is 1. The van der Waals surface area contributed by atoms with E-state index in [-0.39, 0.29) is 5.91 Å². The summed E-state index contributed by atoms with van der Waals surface area (Å²) in [6.45, 7) is 13.6. The minimum absolute atomic E-state index is 0.248. The van der Waals surface area contributed by atoms with E-state index in [0.29, 0.717) is 42.1 Å². The van der Waals surface area contributed by atoms with Crippen LogP contribution in [0.4, 0.5) is 0 Å². The predicted molar refractivity (Wildman–Crippen MR) is 72.7 cm³/mol. The molecule has 1 fully saturated rings. The Morgan fingerprint density at radius 2 is 1.59 bits per heavy atom. The van der Waals surface area contributed by atoms with Crippen molar-refractivity contribution in [3.05, 3.63) is 0 Å². The summed E-state index contributed by atoms with van der Waals surface area (Å²) in [5.41, 5.74) is 0. The van der Waals surface area contributed by atoms with Gasteiger partial charge in [-0.3, -0.25) is 4.79 Å². The van der Waals surface area contributed by atoms with Crippen LogP contribution in [0.5, 0.6) is 0 Å². The van der Waals surface area contributed by atoms with Crippen molar-refractivity contribution in [3.63, 3.8) is 0 Å². The Morgan fingerprint density at radius 1 is 1.00 bits per heavy atom. The van der Waals surface area contributed by atoms with Crippen molar-refractivity contribution in [2.24, 2.45) is 29.6 Å². The molecule has 100 valence electrons. The number of hydrogen-bond acceptors (Lipinski definition) is 1. The molecule has 1 heterocycles. The highest BCUT2D eigenvalue weighted by molar-refractivity contribution is 5.76. The summed E-state index contributed by atoms with van der Waals surface area (Å²) in [4.78, 5) is 11.8. The zero-order valence-corrected chi connectivity index (χ0v) is 12.3. The molecule has 3 atom stereocenters. The van der Waals surface area contributed by atoms with E-state index in [1.165, 1.54) is 0 Å². The third-order valence-electron chi connectivity index (χ3n) is 4.29. The van der Waals surface area contributed by atoms with Crippen molar-refractivity contribution in [1.29, 1.82) is 0 Å². The second kappa shape index (κ2) is 5.88. The summed E-state index contributed by atoms with van der Waals surface area (Å²) in [6.07, 6.45) is 1.75. The van der Waals surface area contributed by atoms with Gasteiger partial charge in [0.15, 0.2) is 0 Å². The second-order valence-electron chi connectivity index (χ2n) is 6.61. The smallest absolute Gasteiger partial charge is 0.220 e. The van der Waals surface area contributed by atoms with Crippen LogP contribution >= 0.6 is 0 Å². The third-order valence-corrected chi connectivity index (χ3v) is 4.29. The largest absolute Gasteiger partial charge is 0.353 e. The number of hydrogen-bond donors (Lipinski definition) is 1. The lowest BCUT2D eigenvalue weighted by molar-refractivity contribution is -0.121. The van der Waals surface area contributed by atoms with Crippen molar-refractivity contribution >= 4 is 5.91 Å². The molecule has 1 aliphatic heterocycles. The average molecular weight is 239 g/mol. The molecule has 0 aromatic carbocycles. The number of rotatable bonds is 3. The van der Waals surface area contributed by atoms with E-state index in [1.54, 1.807) is 0 Å². The van der Waals surface area contributed by atoms with E-state index >= 15 is 0 Å². The number of carbonyl (C=O) groups excluding carboxylic acids is 1. The lowest BCUT2D eigenvalue weighted by Crippen LogP contribution is -2.46. The molecule has 1 amide bonds. The highest BCUT2D eigenvalue weighted by Crippen LogP contribution is 2.37. The molecule has 2 heteroatoms. The second-order valence-corrected chi connectivity index (χ2v) is 6.61. The molecular formula is C15H29NO. The fourth-order valence-corrected chi connectivity index (χ4v) is 3.41. The van der Waals surface area contributed by atoms with E-state index in [1.807, 2.05) is 0 Å². The van der Waals surface area contributed by atoms with Crippen LogP contribution in [0.3, 0.4) is 0 Å². The molecule has 1 N–H and O–H groups in total. The maximum atomic E-state index is 11.8. The number of nitrogens with one attached hydrogen (secondary N) is 1. The molecule has 0 spiro atoms. The van der Waals surface area contributed by atoms with Gasteiger partial charge >= 0.3 is 0 Å². The molecule has 0 aliphatic carbocycles. The summed E-state index contributed by atoms with van der Waals surface area (Å²) in [6, 6.07) is 0.345. The Bertz CT molecular complexity index is 258. The first-order valence-electron chi connectivity index (χ1n) is 7.14. The van der Waals surface area contributed by atoms with E-state index in [0.717, 1.165) is 6.42 Å². The van der Waals surface area contributed by atoms with Crippen molar-refractivity contribution in [2.75, 3.05) is 0 Å². The van der Waals surface area contributed by atoms with Gasteiger partial charge in [-0.2, -0.15) is 0 Å². The fraction of sp³-hybridized carbons (Fsp3) is 0.933. The van der Waals surface area contributed by atoms with Crippen LogP contribution in [-0.2, 0) is 4.79 Å². The van der Waals surface area contributed by atoms with Crippen molar-refractivity contribution < 1.29 is 4.79 Å². The third kappa shape index (κ3) is 3.46. The normalized spacial score (nSPS) is 30.9. The zero-order chi connectivity index (χ0) is 13.2. The standard InChI is InChI=1S/C15H29NO/c1-9(2)12-7-8-13(17)16-15(11(5)6)14(12)10(3)4/h9-12,14-15H,7-8H2,1-6H3,(H,16,17). The first-order valence-corrected chi connectivity index (χ1v) is 7.14. The van der Waals surface area contributed by atoms with Crippen LogP contribution in [0.2, 0.25) is 0 Å². The SMILES string of the molecule is CC(C)C1CCC(=O)NC(C(C)C)C1C(C)C. The Kier molecular flexibility index (Phi) is 5.03. The quantitative estimate of drug-likeness (QED) is 0.803. The van der Waals surface area contributed by atoms with Crippen molar-refractivity contribution in [1.82, 2.24) is 5.32 Å². The minimum Gasteiger partial charge on any atom is -0.353 e. The van der Waals surface area contributed by atoms with E-state index in [2.05, 4.69) is 46.9 Å². The summed E-state index contributed by atoms with van der Waals surface area (Å²) in [5.74, 6) is 3.34. The topological polar surface area (TPSA) is 29.1 Å². The molecule has 0 saturated carbocycles. The van der Waals surface area contributed by atoms with Crippen LogP contribution in [0.25, 0.3) is 0 Å². The highest BCUT2D eigenvalue weighted by Gasteiger charge is 2.38. The van der Waals surface area contributed by atoms with Gasteiger partial charge in [0, 0.05) is 12.5 Å². The van der Waals surface area contributed by atoms with E-state index in [9.17, 15) is 4.79 Å². The van der Waals surface area contributed by atoms with E-state index < -0.39 is 0 Å². The molecule has 1 rings (SSSR count). The van der Waals surface area contributed by atoms with Gasteiger partial charge in [-0.25, -0.2) is 0 Å². The van der Waals surface area contributed by atoms with Crippen LogP contribution in [-0.4, -0.2) is 11.9 Å². The van der Waals surface area contributed by atoms with Gasteiger partial charge in [-0.1, -0.05) is 41.5 Å². The summed E-state index contributed by atoms with van der Waals surface area (Å²) in [5, 5.41) is 3.26. The summed E-state index contributed by atoms with van der Waals surface area (Å²) < 4.78 is 0. The maximum Gasteiger partial charge on any atom is 0.220 e. The Balaban J connectivity index is 3.01. The first kappa shape index (κ1) is 14.5. The molecule has 0 aromatic rings. The molecule has 3 unspecified atom stereocenters. The van der Waals surface area contributed by atoms with Gasteiger partial charge in [-0.15, -0.1) is 0 Å². The van der Waals surface area contributed by atoms with Crippen LogP contribution in [0, 0.1) is 29.6 Å². The van der Waals surface area contributed by atoms with Gasteiger partial charge in [0.25, 0.3) is 0 Å². The lowest BCUT2D eigenvalue weighted by Gasteiger charge is -2.38. The minimum atomic E-state index is 0.248. The molecule has 1 aliphatic rings. The van der Waals surface area contributed by atoms with Crippen LogP contribution in [0.15, 0.2) is 0 Å². The first-order chi connectivity index (χ1) is 7.84. The molecule has 2 nitrogen and oxygen atoms in total. The van der Waals surface area contributed by atoms with Gasteiger partial charge < -0.3 is 5.32 Å². The Labute approximate surface area is 107 Å². The molecular weight excluding hydrogens is 210 g/mol.